The Morgan fingerprint density at radius 1 is 0.933 bits per heavy atom. The first-order valence-electron chi connectivity index (χ1n) is 11.3. The van der Waals surface area contributed by atoms with Gasteiger partial charge in [-0.05, 0) is 49.0 Å². The fourth-order valence-corrected chi connectivity index (χ4v) is 3.79. The number of carbonyl (C=O) groups is 2. The average Bonchev–Trinajstić information content (AvgIpc) is 3.32. The van der Waals surface area contributed by atoms with Gasteiger partial charge in [-0.25, -0.2) is 0 Å². The van der Waals surface area contributed by atoms with Crippen LogP contribution in [0.5, 0.6) is 0 Å². The third kappa shape index (κ3) is 12.7. The summed E-state index contributed by atoms with van der Waals surface area (Å²) in [6.45, 7) is 13.2. The van der Waals surface area contributed by atoms with Gasteiger partial charge in [-0.3, -0.25) is 14.6 Å². The molecule has 3 rings (SSSR count). The molecule has 3 aliphatic rings. The number of carbonyl (C=O) groups excluding carboxylic acids is 2. The van der Waals surface area contributed by atoms with Gasteiger partial charge in [-0.2, -0.15) is 0 Å². The number of Topliss-reactive ketones (excluding diaryl/α,β-unsaturated/α-hetero) is 2. The van der Waals surface area contributed by atoms with Crippen molar-refractivity contribution in [3.8, 4) is 0 Å². The van der Waals surface area contributed by atoms with Crippen LogP contribution in [0, 0.1) is 23.7 Å². The molecule has 1 unspecified atom stereocenters. The maximum absolute atomic E-state index is 11.1. The molecule has 2 aliphatic carbocycles. The lowest BCUT2D eigenvalue weighted by Gasteiger charge is -2.08. The molecule has 170 valence electrons. The standard InChI is InChI=1S/C9H14O2.C9H14.C8H13N.CH4/c1-6(2)3-7-4-8(10)5-9(7)11;1-8(2)7-9-5-3-4-6-9;1-7(2)5-8-3-4-9-6-8;/h6-7H,3-5H2,1-2H3;3-5,8H,6-7H2,1-2H3;4,6-7H,3,5H2,1-2H3;1H4. The fraction of sp³-hybridized carbons (Fsp3) is 0.667. The van der Waals surface area contributed by atoms with Gasteiger partial charge in [0.1, 0.15) is 11.6 Å². The Kier molecular flexibility index (Phi) is 14.2. The first kappa shape index (κ1) is 28.2. The summed E-state index contributed by atoms with van der Waals surface area (Å²) in [6.07, 6.45) is 16.9. The predicted octanol–water partition coefficient (Wildman–Crippen LogP) is 7.53. The van der Waals surface area contributed by atoms with Crippen LogP contribution in [0.25, 0.3) is 0 Å². The first-order chi connectivity index (χ1) is 13.7. The zero-order valence-electron chi connectivity index (χ0n) is 19.4. The molecule has 3 heteroatoms. The van der Waals surface area contributed by atoms with Gasteiger partial charge in [0.15, 0.2) is 0 Å². The Morgan fingerprint density at radius 2 is 1.57 bits per heavy atom. The number of nitrogens with zero attached hydrogens (tertiary/aromatic N) is 1. The van der Waals surface area contributed by atoms with Gasteiger partial charge < -0.3 is 0 Å². The van der Waals surface area contributed by atoms with Crippen LogP contribution in [-0.2, 0) is 9.59 Å². The summed E-state index contributed by atoms with van der Waals surface area (Å²) in [6, 6.07) is 0. The highest BCUT2D eigenvalue weighted by Gasteiger charge is 2.30. The molecule has 0 aromatic heterocycles. The number of hydrogen-bond donors (Lipinski definition) is 0. The van der Waals surface area contributed by atoms with Crippen molar-refractivity contribution < 1.29 is 9.59 Å². The monoisotopic (exact) mass is 415 g/mol. The van der Waals surface area contributed by atoms with Crippen LogP contribution in [0.2, 0.25) is 0 Å². The van der Waals surface area contributed by atoms with Crippen molar-refractivity contribution in [2.45, 2.75) is 93.9 Å². The molecule has 0 saturated heterocycles. The number of hydrogen-bond acceptors (Lipinski definition) is 3. The van der Waals surface area contributed by atoms with Crippen molar-refractivity contribution in [2.75, 3.05) is 0 Å². The van der Waals surface area contributed by atoms with Gasteiger partial charge in [-0.15, -0.1) is 0 Å². The molecule has 1 atom stereocenters. The van der Waals surface area contributed by atoms with Gasteiger partial charge in [0, 0.05) is 31.2 Å². The molecule has 0 aromatic rings. The van der Waals surface area contributed by atoms with Crippen LogP contribution in [0.1, 0.15) is 93.9 Å². The number of allylic oxidation sites excluding steroid dienone is 5. The number of aliphatic imine (C=N–C) groups is 1. The Balaban J connectivity index is 0.000000416. The first-order valence-corrected chi connectivity index (χ1v) is 11.3. The second-order valence-electron chi connectivity index (χ2n) is 9.69. The molecule has 1 aliphatic heterocycles. The Labute approximate surface area is 185 Å². The second-order valence-corrected chi connectivity index (χ2v) is 9.69. The van der Waals surface area contributed by atoms with E-state index in [2.05, 4.69) is 64.8 Å². The summed E-state index contributed by atoms with van der Waals surface area (Å²) in [4.78, 5) is 26.0. The van der Waals surface area contributed by atoms with Crippen molar-refractivity contribution in [3.05, 3.63) is 35.6 Å². The smallest absolute Gasteiger partial charge is 0.143 e. The van der Waals surface area contributed by atoms with Crippen LogP contribution in [0.4, 0.5) is 0 Å². The quantitative estimate of drug-likeness (QED) is 0.421. The number of ketones is 2. The Morgan fingerprint density at radius 3 is 1.97 bits per heavy atom. The summed E-state index contributed by atoms with van der Waals surface area (Å²) in [5.41, 5.74) is 3.06. The lowest BCUT2D eigenvalue weighted by atomic mass is 9.95. The Hall–Kier alpha value is -1.77. The largest absolute Gasteiger partial charge is 0.299 e. The highest BCUT2D eigenvalue weighted by Crippen LogP contribution is 2.24. The van der Waals surface area contributed by atoms with Crippen LogP contribution in [0.15, 0.2) is 40.6 Å². The lowest BCUT2D eigenvalue weighted by molar-refractivity contribution is -0.122. The van der Waals surface area contributed by atoms with Crippen LogP contribution < -0.4 is 0 Å². The van der Waals surface area contributed by atoms with E-state index in [0.717, 1.165) is 24.7 Å². The van der Waals surface area contributed by atoms with E-state index < -0.39 is 0 Å². The molecular formula is C27H45NO2. The zero-order chi connectivity index (χ0) is 21.8. The van der Waals surface area contributed by atoms with Crippen molar-refractivity contribution in [1.82, 2.24) is 0 Å². The van der Waals surface area contributed by atoms with E-state index in [4.69, 9.17) is 0 Å². The molecule has 0 radical (unpaired) electrons. The molecule has 0 N–H and O–H groups in total. The van der Waals surface area contributed by atoms with Crippen LogP contribution in [-0.4, -0.2) is 17.8 Å². The van der Waals surface area contributed by atoms with Crippen LogP contribution in [0.3, 0.4) is 0 Å². The minimum absolute atomic E-state index is 0. The second kappa shape index (κ2) is 15.1. The number of rotatable bonds is 6. The van der Waals surface area contributed by atoms with Crippen molar-refractivity contribution >= 4 is 17.8 Å². The SMILES string of the molecule is C.CC(C)CC1=CC=CC1.CC(C)CC1=CN=CC1.CC(C)CC1CC(=O)CC1=O. The Bertz CT molecular complexity index is 612. The molecular weight excluding hydrogens is 370 g/mol. The maximum Gasteiger partial charge on any atom is 0.143 e. The molecule has 0 amide bonds. The van der Waals surface area contributed by atoms with Gasteiger partial charge >= 0.3 is 0 Å². The summed E-state index contributed by atoms with van der Waals surface area (Å²) in [5, 5.41) is 0. The third-order valence-electron chi connectivity index (χ3n) is 4.96. The van der Waals surface area contributed by atoms with Gasteiger partial charge in [-0.1, -0.05) is 72.8 Å². The van der Waals surface area contributed by atoms with Gasteiger partial charge in [0.25, 0.3) is 0 Å². The van der Waals surface area contributed by atoms with Gasteiger partial charge in [0.2, 0.25) is 0 Å². The van der Waals surface area contributed by atoms with E-state index in [1.807, 2.05) is 12.4 Å². The van der Waals surface area contributed by atoms with Crippen molar-refractivity contribution in [1.29, 1.82) is 0 Å². The minimum Gasteiger partial charge on any atom is -0.299 e. The average molecular weight is 416 g/mol. The fourth-order valence-electron chi connectivity index (χ4n) is 3.79. The van der Waals surface area contributed by atoms with E-state index in [-0.39, 0.29) is 31.3 Å². The third-order valence-corrected chi connectivity index (χ3v) is 4.96. The van der Waals surface area contributed by atoms with Crippen molar-refractivity contribution in [2.24, 2.45) is 28.7 Å². The van der Waals surface area contributed by atoms with E-state index >= 15 is 0 Å². The molecule has 1 heterocycles. The normalized spacial score (nSPS) is 19.4. The summed E-state index contributed by atoms with van der Waals surface area (Å²) < 4.78 is 0. The van der Waals surface area contributed by atoms with E-state index in [0.29, 0.717) is 12.3 Å². The van der Waals surface area contributed by atoms with E-state index in [1.165, 1.54) is 24.8 Å². The topological polar surface area (TPSA) is 46.5 Å². The zero-order valence-corrected chi connectivity index (χ0v) is 19.4. The lowest BCUT2D eigenvalue weighted by Crippen LogP contribution is -2.08. The minimum atomic E-state index is 0. The summed E-state index contributed by atoms with van der Waals surface area (Å²) in [7, 11) is 0. The molecule has 3 nitrogen and oxygen atoms in total. The predicted molar refractivity (Wildman–Crippen MR) is 131 cm³/mol. The molecule has 0 spiro atoms. The molecule has 0 aromatic carbocycles. The highest BCUT2D eigenvalue weighted by molar-refractivity contribution is 6.06. The van der Waals surface area contributed by atoms with E-state index in [1.54, 1.807) is 5.57 Å². The molecule has 1 saturated carbocycles. The molecule has 30 heavy (non-hydrogen) atoms. The van der Waals surface area contributed by atoms with E-state index in [9.17, 15) is 9.59 Å². The van der Waals surface area contributed by atoms with Crippen molar-refractivity contribution in [3.63, 3.8) is 0 Å². The molecule has 1 fully saturated rings. The van der Waals surface area contributed by atoms with Gasteiger partial charge in [0.05, 0.1) is 6.42 Å². The summed E-state index contributed by atoms with van der Waals surface area (Å²) in [5.74, 6) is 2.44. The maximum atomic E-state index is 11.1. The summed E-state index contributed by atoms with van der Waals surface area (Å²) >= 11 is 0. The molecule has 0 bridgehead atoms. The highest BCUT2D eigenvalue weighted by atomic mass is 16.2. The van der Waals surface area contributed by atoms with Crippen LogP contribution >= 0.6 is 0 Å².